The van der Waals surface area contributed by atoms with Crippen molar-refractivity contribution >= 4 is 0 Å². The highest BCUT2D eigenvalue weighted by molar-refractivity contribution is 4.98. The molecule has 19 heavy (non-hydrogen) atoms. The molecule has 0 aliphatic heterocycles. The van der Waals surface area contributed by atoms with Gasteiger partial charge < -0.3 is 4.74 Å². The molecule has 110 valence electrons. The standard InChI is InChI=1S/C15H29N3O/c1-12(2)7-10-19-15(5,6)8-9-18-11-14(13(3)4)16-17-18/h11-13H,7-10H2,1-6H3. The monoisotopic (exact) mass is 267 g/mol. The second-order valence-corrected chi connectivity index (χ2v) is 6.60. The molecule has 0 saturated heterocycles. The maximum absolute atomic E-state index is 5.95. The zero-order valence-electron chi connectivity index (χ0n) is 13.3. The Hall–Kier alpha value is -0.900. The van der Waals surface area contributed by atoms with Gasteiger partial charge in [-0.25, -0.2) is 0 Å². The summed E-state index contributed by atoms with van der Waals surface area (Å²) < 4.78 is 7.87. The van der Waals surface area contributed by atoms with E-state index < -0.39 is 0 Å². The number of aromatic nitrogens is 3. The van der Waals surface area contributed by atoms with Gasteiger partial charge in [-0.05, 0) is 38.5 Å². The Morgan fingerprint density at radius 1 is 1.26 bits per heavy atom. The van der Waals surface area contributed by atoms with E-state index >= 15 is 0 Å². The summed E-state index contributed by atoms with van der Waals surface area (Å²) >= 11 is 0. The van der Waals surface area contributed by atoms with Crippen molar-refractivity contribution in [2.45, 2.75) is 72.4 Å². The first kappa shape index (κ1) is 16.2. The van der Waals surface area contributed by atoms with Gasteiger partial charge in [0.25, 0.3) is 0 Å². The highest BCUT2D eigenvalue weighted by Crippen LogP contribution is 2.17. The van der Waals surface area contributed by atoms with Crippen LogP contribution < -0.4 is 0 Å². The molecule has 4 heteroatoms. The zero-order valence-corrected chi connectivity index (χ0v) is 13.3. The minimum atomic E-state index is -0.0984. The number of ether oxygens (including phenoxy) is 1. The van der Waals surface area contributed by atoms with Gasteiger partial charge in [0.05, 0.1) is 11.3 Å². The molecule has 0 unspecified atom stereocenters. The number of rotatable bonds is 8. The first-order valence-corrected chi connectivity index (χ1v) is 7.34. The first-order chi connectivity index (χ1) is 8.80. The highest BCUT2D eigenvalue weighted by atomic mass is 16.5. The van der Waals surface area contributed by atoms with Gasteiger partial charge in [0, 0.05) is 19.3 Å². The first-order valence-electron chi connectivity index (χ1n) is 7.34. The molecule has 0 aliphatic carbocycles. The van der Waals surface area contributed by atoms with Gasteiger partial charge in [-0.1, -0.05) is 32.9 Å². The third kappa shape index (κ3) is 6.19. The summed E-state index contributed by atoms with van der Waals surface area (Å²) in [5, 5.41) is 8.33. The van der Waals surface area contributed by atoms with Crippen LogP contribution in [-0.2, 0) is 11.3 Å². The molecule has 0 fully saturated rings. The fourth-order valence-electron chi connectivity index (χ4n) is 1.71. The molecule has 4 nitrogen and oxygen atoms in total. The summed E-state index contributed by atoms with van der Waals surface area (Å²) in [6, 6.07) is 0. The van der Waals surface area contributed by atoms with Crippen LogP contribution in [0.4, 0.5) is 0 Å². The molecule has 1 rings (SSSR count). The second-order valence-electron chi connectivity index (χ2n) is 6.60. The van der Waals surface area contributed by atoms with Crippen LogP contribution in [0.5, 0.6) is 0 Å². The van der Waals surface area contributed by atoms with Crippen LogP contribution >= 0.6 is 0 Å². The fourth-order valence-corrected chi connectivity index (χ4v) is 1.71. The van der Waals surface area contributed by atoms with E-state index in [1.807, 2.05) is 10.9 Å². The van der Waals surface area contributed by atoms with Crippen LogP contribution in [-0.4, -0.2) is 27.2 Å². The van der Waals surface area contributed by atoms with Crippen LogP contribution in [0.25, 0.3) is 0 Å². The molecule has 0 aliphatic rings. The number of hydrogen-bond acceptors (Lipinski definition) is 3. The average Bonchev–Trinajstić information content (AvgIpc) is 2.74. The molecule has 0 spiro atoms. The van der Waals surface area contributed by atoms with Gasteiger partial charge in [0.15, 0.2) is 0 Å². The topological polar surface area (TPSA) is 39.9 Å². The summed E-state index contributed by atoms with van der Waals surface area (Å²) in [6.07, 6.45) is 4.10. The summed E-state index contributed by atoms with van der Waals surface area (Å²) in [5.74, 6) is 1.13. The van der Waals surface area contributed by atoms with Gasteiger partial charge in [-0.15, -0.1) is 5.10 Å². The third-order valence-corrected chi connectivity index (χ3v) is 3.28. The Labute approximate surface area is 117 Å². The number of nitrogens with zero attached hydrogens (tertiary/aromatic N) is 3. The quantitative estimate of drug-likeness (QED) is 0.722. The maximum atomic E-state index is 5.95. The molecule has 0 bridgehead atoms. The van der Waals surface area contributed by atoms with E-state index in [4.69, 9.17) is 4.74 Å². The largest absolute Gasteiger partial charge is 0.375 e. The number of hydrogen-bond donors (Lipinski definition) is 0. The second kappa shape index (κ2) is 7.04. The van der Waals surface area contributed by atoms with Crippen molar-refractivity contribution in [3.63, 3.8) is 0 Å². The van der Waals surface area contributed by atoms with Crippen LogP contribution in [0.15, 0.2) is 6.20 Å². The third-order valence-electron chi connectivity index (χ3n) is 3.28. The highest BCUT2D eigenvalue weighted by Gasteiger charge is 2.18. The van der Waals surface area contributed by atoms with Gasteiger partial charge >= 0.3 is 0 Å². The van der Waals surface area contributed by atoms with Crippen molar-refractivity contribution < 1.29 is 4.74 Å². The number of aryl methyl sites for hydroxylation is 1. The molecule has 1 aromatic rings. The Kier molecular flexibility index (Phi) is 5.98. The minimum Gasteiger partial charge on any atom is -0.375 e. The van der Waals surface area contributed by atoms with E-state index in [1.165, 1.54) is 0 Å². The van der Waals surface area contributed by atoms with Gasteiger partial charge in [0.1, 0.15) is 0 Å². The summed E-state index contributed by atoms with van der Waals surface area (Å²) in [4.78, 5) is 0. The van der Waals surface area contributed by atoms with Crippen LogP contribution in [0.3, 0.4) is 0 Å². The molecule has 0 amide bonds. The van der Waals surface area contributed by atoms with Crippen molar-refractivity contribution in [3.8, 4) is 0 Å². The summed E-state index contributed by atoms with van der Waals surface area (Å²) in [6.45, 7) is 14.7. The van der Waals surface area contributed by atoms with Gasteiger partial charge in [-0.3, -0.25) is 4.68 Å². The molecule has 0 saturated carbocycles. The Morgan fingerprint density at radius 2 is 1.95 bits per heavy atom. The Balaban J connectivity index is 2.36. The van der Waals surface area contributed by atoms with Crippen molar-refractivity contribution in [3.05, 3.63) is 11.9 Å². The molecule has 0 aromatic carbocycles. The molecule has 1 heterocycles. The smallest absolute Gasteiger partial charge is 0.0852 e. The van der Waals surface area contributed by atoms with Gasteiger partial charge in [-0.2, -0.15) is 0 Å². The molecule has 0 atom stereocenters. The van der Waals surface area contributed by atoms with E-state index in [0.29, 0.717) is 11.8 Å². The molecular formula is C15H29N3O. The summed E-state index contributed by atoms with van der Waals surface area (Å²) in [7, 11) is 0. The van der Waals surface area contributed by atoms with Crippen LogP contribution in [0.2, 0.25) is 0 Å². The lowest BCUT2D eigenvalue weighted by molar-refractivity contribution is -0.0309. The van der Waals surface area contributed by atoms with Gasteiger partial charge in [0.2, 0.25) is 0 Å². The van der Waals surface area contributed by atoms with E-state index in [0.717, 1.165) is 31.7 Å². The molecule has 0 radical (unpaired) electrons. The lowest BCUT2D eigenvalue weighted by Crippen LogP contribution is -2.27. The predicted octanol–water partition coefficient (Wildman–Crippen LogP) is 3.63. The minimum absolute atomic E-state index is 0.0984. The average molecular weight is 267 g/mol. The van der Waals surface area contributed by atoms with Crippen molar-refractivity contribution in [1.82, 2.24) is 15.0 Å². The normalized spacial score (nSPS) is 12.6. The lowest BCUT2D eigenvalue weighted by Gasteiger charge is -2.25. The van der Waals surface area contributed by atoms with E-state index in [2.05, 4.69) is 51.9 Å². The van der Waals surface area contributed by atoms with Crippen molar-refractivity contribution in [1.29, 1.82) is 0 Å². The fraction of sp³-hybridized carbons (Fsp3) is 0.867. The van der Waals surface area contributed by atoms with Crippen molar-refractivity contribution in [2.24, 2.45) is 5.92 Å². The van der Waals surface area contributed by atoms with E-state index in [-0.39, 0.29) is 5.60 Å². The SMILES string of the molecule is CC(C)CCOC(C)(C)CCn1cc(C(C)C)nn1. The lowest BCUT2D eigenvalue weighted by atomic mass is 10.0. The molecular weight excluding hydrogens is 238 g/mol. The Bertz CT molecular complexity index is 369. The predicted molar refractivity (Wildman–Crippen MR) is 78.2 cm³/mol. The van der Waals surface area contributed by atoms with E-state index in [9.17, 15) is 0 Å². The van der Waals surface area contributed by atoms with E-state index in [1.54, 1.807) is 0 Å². The maximum Gasteiger partial charge on any atom is 0.0852 e. The van der Waals surface area contributed by atoms with Crippen LogP contribution in [0, 0.1) is 5.92 Å². The summed E-state index contributed by atoms with van der Waals surface area (Å²) in [5.41, 5.74) is 0.956. The van der Waals surface area contributed by atoms with Crippen molar-refractivity contribution in [2.75, 3.05) is 6.61 Å². The molecule has 0 N–H and O–H groups in total. The van der Waals surface area contributed by atoms with Crippen LogP contribution in [0.1, 0.15) is 66.0 Å². The zero-order chi connectivity index (χ0) is 14.5. The molecule has 1 aromatic heterocycles. The Morgan fingerprint density at radius 3 is 2.47 bits per heavy atom.